The van der Waals surface area contributed by atoms with Gasteiger partial charge in [-0.25, -0.2) is 9.97 Å². The Morgan fingerprint density at radius 2 is 2.32 bits per heavy atom. The molecule has 2 N–H and O–H groups in total. The zero-order valence-electron chi connectivity index (χ0n) is 10.8. The molecule has 0 aromatic carbocycles. The molecule has 4 rings (SSSR count). The third kappa shape index (κ3) is 1.57. The summed E-state index contributed by atoms with van der Waals surface area (Å²) in [5.41, 5.74) is 1.30. The Morgan fingerprint density at radius 1 is 1.42 bits per heavy atom. The molecule has 1 aliphatic carbocycles. The lowest BCUT2D eigenvalue weighted by molar-refractivity contribution is 0.151. The van der Waals surface area contributed by atoms with Crippen LogP contribution in [0.5, 0.6) is 0 Å². The van der Waals surface area contributed by atoms with Crippen molar-refractivity contribution in [1.29, 1.82) is 0 Å². The first-order chi connectivity index (χ1) is 9.31. The van der Waals surface area contributed by atoms with Crippen molar-refractivity contribution < 1.29 is 5.11 Å². The number of nitrogens with one attached hydrogen (secondary N) is 1. The number of hydrogen-bond acceptors (Lipinski definition) is 4. The Bertz CT molecular complexity index is 604. The number of aromatic amines is 1. The van der Waals surface area contributed by atoms with Crippen LogP contribution < -0.4 is 4.90 Å². The average Bonchev–Trinajstić information content (AvgIpc) is 3.01. The molecule has 1 saturated carbocycles. The average molecular weight is 258 g/mol. The summed E-state index contributed by atoms with van der Waals surface area (Å²) < 4.78 is 0. The van der Waals surface area contributed by atoms with Crippen molar-refractivity contribution in [2.45, 2.75) is 31.7 Å². The van der Waals surface area contributed by atoms with Crippen molar-refractivity contribution in [3.05, 3.63) is 18.6 Å². The van der Waals surface area contributed by atoms with Crippen LogP contribution in [0.15, 0.2) is 18.6 Å². The van der Waals surface area contributed by atoms with E-state index in [1.807, 2.05) is 12.3 Å². The lowest BCUT2D eigenvalue weighted by Gasteiger charge is -2.38. The monoisotopic (exact) mass is 258 g/mol. The highest BCUT2D eigenvalue weighted by Gasteiger charge is 2.48. The maximum atomic E-state index is 9.68. The van der Waals surface area contributed by atoms with E-state index in [4.69, 9.17) is 0 Å². The van der Waals surface area contributed by atoms with E-state index in [1.54, 1.807) is 6.33 Å². The van der Waals surface area contributed by atoms with Gasteiger partial charge >= 0.3 is 0 Å². The number of anilines is 1. The predicted octanol–water partition coefficient (Wildman–Crippen LogP) is 1.70. The van der Waals surface area contributed by atoms with Gasteiger partial charge in [-0.05, 0) is 30.7 Å². The number of H-pyrrole nitrogens is 1. The fourth-order valence-corrected chi connectivity index (χ4v) is 3.70. The zero-order valence-corrected chi connectivity index (χ0v) is 10.8. The van der Waals surface area contributed by atoms with Gasteiger partial charge in [0.05, 0.1) is 18.0 Å². The highest BCUT2D eigenvalue weighted by molar-refractivity contribution is 5.87. The van der Waals surface area contributed by atoms with E-state index in [-0.39, 0.29) is 12.6 Å². The summed E-state index contributed by atoms with van der Waals surface area (Å²) >= 11 is 0. The quantitative estimate of drug-likeness (QED) is 0.860. The Labute approximate surface area is 111 Å². The molecular formula is C14H18N4O. The van der Waals surface area contributed by atoms with Crippen LogP contribution >= 0.6 is 0 Å². The molecule has 1 spiro atoms. The molecule has 2 fully saturated rings. The Hall–Kier alpha value is -1.62. The molecule has 2 aromatic heterocycles. The normalized spacial score (nSPS) is 25.1. The van der Waals surface area contributed by atoms with Crippen LogP contribution in [-0.2, 0) is 0 Å². The highest BCUT2D eigenvalue weighted by Crippen LogP contribution is 2.51. The van der Waals surface area contributed by atoms with Gasteiger partial charge in [-0.3, -0.25) is 0 Å². The highest BCUT2D eigenvalue weighted by atomic mass is 16.3. The molecule has 1 atom stereocenters. The van der Waals surface area contributed by atoms with Crippen molar-refractivity contribution in [2.75, 3.05) is 18.1 Å². The van der Waals surface area contributed by atoms with Gasteiger partial charge in [0, 0.05) is 12.7 Å². The molecule has 3 heterocycles. The molecule has 2 aliphatic rings. The summed E-state index contributed by atoms with van der Waals surface area (Å²) in [5.74, 6) is 0.967. The first-order valence-corrected chi connectivity index (χ1v) is 6.97. The number of aliphatic hydroxyl groups excluding tert-OH is 1. The van der Waals surface area contributed by atoms with E-state index in [1.165, 1.54) is 19.3 Å². The summed E-state index contributed by atoms with van der Waals surface area (Å²) in [5, 5.41) is 10.7. The molecular weight excluding hydrogens is 240 g/mol. The minimum atomic E-state index is 0.202. The molecule has 0 unspecified atom stereocenters. The fourth-order valence-electron chi connectivity index (χ4n) is 3.70. The minimum Gasteiger partial charge on any atom is -0.394 e. The van der Waals surface area contributed by atoms with Crippen LogP contribution in [-0.4, -0.2) is 39.3 Å². The van der Waals surface area contributed by atoms with Crippen LogP contribution in [0.2, 0.25) is 0 Å². The summed E-state index contributed by atoms with van der Waals surface area (Å²) in [4.78, 5) is 14.1. The molecule has 2 aromatic rings. The van der Waals surface area contributed by atoms with Gasteiger partial charge in [0.2, 0.25) is 0 Å². The van der Waals surface area contributed by atoms with E-state index in [2.05, 4.69) is 19.9 Å². The predicted molar refractivity (Wildman–Crippen MR) is 73.0 cm³/mol. The molecule has 5 nitrogen and oxygen atoms in total. The number of hydrogen-bond donors (Lipinski definition) is 2. The van der Waals surface area contributed by atoms with Gasteiger partial charge in [0.25, 0.3) is 0 Å². The van der Waals surface area contributed by atoms with Crippen LogP contribution in [0.3, 0.4) is 0 Å². The lowest BCUT2D eigenvalue weighted by atomic mass is 9.67. The van der Waals surface area contributed by atoms with Crippen LogP contribution in [0, 0.1) is 5.41 Å². The van der Waals surface area contributed by atoms with Gasteiger partial charge in [-0.1, -0.05) is 6.42 Å². The zero-order chi connectivity index (χ0) is 12.9. The molecule has 1 aliphatic heterocycles. The van der Waals surface area contributed by atoms with Crippen LogP contribution in [0.1, 0.15) is 25.7 Å². The standard InChI is InChI=1S/C14H18N4O/c19-7-10-6-14(3-1-4-14)8-18(10)13-11-2-5-15-12(11)16-9-17-13/h2,5,9-10,19H,1,3-4,6-8H2,(H,15,16,17)/t10-/m0/s1. The van der Waals surface area contributed by atoms with Crippen molar-refractivity contribution in [3.63, 3.8) is 0 Å². The van der Waals surface area contributed by atoms with Gasteiger partial charge < -0.3 is 15.0 Å². The van der Waals surface area contributed by atoms with Gasteiger partial charge in [0.1, 0.15) is 17.8 Å². The second kappa shape index (κ2) is 3.93. The van der Waals surface area contributed by atoms with E-state index in [0.717, 1.165) is 29.8 Å². The summed E-state index contributed by atoms with van der Waals surface area (Å²) in [6.45, 7) is 1.23. The summed E-state index contributed by atoms with van der Waals surface area (Å²) in [7, 11) is 0. The minimum absolute atomic E-state index is 0.202. The van der Waals surface area contributed by atoms with Crippen molar-refractivity contribution >= 4 is 16.9 Å². The summed E-state index contributed by atoms with van der Waals surface area (Å²) in [6, 6.07) is 2.22. The molecule has 19 heavy (non-hydrogen) atoms. The second-order valence-electron chi connectivity index (χ2n) is 5.96. The topological polar surface area (TPSA) is 65.0 Å². The SMILES string of the molecule is OC[C@@H]1CC2(CCC2)CN1c1ncnc2[nH]ccc12. The van der Waals surface area contributed by atoms with Gasteiger partial charge in [0.15, 0.2) is 0 Å². The Morgan fingerprint density at radius 3 is 3.05 bits per heavy atom. The van der Waals surface area contributed by atoms with Crippen LogP contribution in [0.25, 0.3) is 11.0 Å². The first kappa shape index (κ1) is 11.2. The molecule has 0 radical (unpaired) electrons. The van der Waals surface area contributed by atoms with Crippen molar-refractivity contribution in [3.8, 4) is 0 Å². The maximum absolute atomic E-state index is 9.68. The number of fused-ring (bicyclic) bond motifs is 1. The maximum Gasteiger partial charge on any atom is 0.142 e. The van der Waals surface area contributed by atoms with Gasteiger partial charge in [-0.15, -0.1) is 0 Å². The van der Waals surface area contributed by atoms with Gasteiger partial charge in [-0.2, -0.15) is 0 Å². The fraction of sp³-hybridized carbons (Fsp3) is 0.571. The number of rotatable bonds is 2. The molecule has 1 saturated heterocycles. The molecule has 0 bridgehead atoms. The molecule has 5 heteroatoms. The van der Waals surface area contributed by atoms with E-state index < -0.39 is 0 Å². The molecule has 100 valence electrons. The first-order valence-electron chi connectivity index (χ1n) is 6.97. The smallest absolute Gasteiger partial charge is 0.142 e. The van der Waals surface area contributed by atoms with Crippen molar-refractivity contribution in [2.24, 2.45) is 5.41 Å². The van der Waals surface area contributed by atoms with E-state index in [9.17, 15) is 5.11 Å². The number of nitrogens with zero attached hydrogens (tertiary/aromatic N) is 3. The third-order valence-corrected chi connectivity index (χ3v) is 4.85. The molecule has 0 amide bonds. The Balaban J connectivity index is 1.76. The largest absolute Gasteiger partial charge is 0.394 e. The summed E-state index contributed by atoms with van der Waals surface area (Å²) in [6.07, 6.45) is 8.51. The number of aromatic nitrogens is 3. The third-order valence-electron chi connectivity index (χ3n) is 4.85. The van der Waals surface area contributed by atoms with E-state index >= 15 is 0 Å². The second-order valence-corrected chi connectivity index (χ2v) is 5.96. The Kier molecular flexibility index (Phi) is 2.33. The number of aliphatic hydroxyl groups is 1. The lowest BCUT2D eigenvalue weighted by Crippen LogP contribution is -2.35. The van der Waals surface area contributed by atoms with E-state index in [0.29, 0.717) is 5.41 Å². The van der Waals surface area contributed by atoms with Crippen molar-refractivity contribution in [1.82, 2.24) is 15.0 Å². The van der Waals surface area contributed by atoms with Crippen LogP contribution in [0.4, 0.5) is 5.82 Å².